The van der Waals surface area contributed by atoms with Gasteiger partial charge in [0.05, 0.1) is 22.4 Å². The molecule has 0 atom stereocenters. The zero-order chi connectivity index (χ0) is 37.7. The van der Waals surface area contributed by atoms with Crippen LogP contribution in [0.5, 0.6) is 11.5 Å². The van der Waals surface area contributed by atoms with Crippen LogP contribution in [-0.4, -0.2) is 19.5 Å². The van der Waals surface area contributed by atoms with Crippen LogP contribution in [0.3, 0.4) is 0 Å². The van der Waals surface area contributed by atoms with Gasteiger partial charge in [-0.3, -0.25) is 4.57 Å². The monoisotopic (exact) mass is 731 g/mol. The third-order valence-electron chi connectivity index (χ3n) is 10.6. The van der Waals surface area contributed by atoms with Crippen LogP contribution in [0.2, 0.25) is 0 Å². The van der Waals surface area contributed by atoms with Crippen LogP contribution in [0.4, 0.5) is 17.1 Å². The van der Waals surface area contributed by atoms with Crippen molar-refractivity contribution in [2.75, 3.05) is 4.90 Å². The summed E-state index contributed by atoms with van der Waals surface area (Å²) in [5.41, 5.74) is 11.4. The fraction of sp³-hybridized carbons (Fsp3) is 0. The van der Waals surface area contributed by atoms with Crippen LogP contribution in [0, 0.1) is 0 Å². The molecule has 0 fully saturated rings. The Kier molecular flexibility index (Phi) is 7.71. The molecule has 0 spiro atoms. The van der Waals surface area contributed by atoms with Gasteiger partial charge in [-0.25, -0.2) is 4.98 Å². The molecule has 10 aromatic rings. The molecular formula is C51H33N5O. The van der Waals surface area contributed by atoms with Gasteiger partial charge in [0, 0.05) is 27.6 Å². The lowest BCUT2D eigenvalue weighted by Crippen LogP contribution is -2.15. The summed E-state index contributed by atoms with van der Waals surface area (Å²) in [6, 6.07) is 69.2. The van der Waals surface area contributed by atoms with Crippen molar-refractivity contribution in [2.24, 2.45) is 0 Å². The number of nitrogens with zero attached hydrogens (tertiary/aromatic N) is 5. The van der Waals surface area contributed by atoms with Gasteiger partial charge in [-0.15, -0.1) is 0 Å². The summed E-state index contributed by atoms with van der Waals surface area (Å²) in [6.45, 7) is 0. The van der Waals surface area contributed by atoms with Gasteiger partial charge < -0.3 is 9.64 Å². The Bertz CT molecular complexity index is 3050. The lowest BCUT2D eigenvalue weighted by atomic mass is 9.97. The minimum Gasteiger partial charge on any atom is -0.453 e. The van der Waals surface area contributed by atoms with E-state index in [1.54, 1.807) is 0 Å². The number of aromatic nitrogens is 4. The highest BCUT2D eigenvalue weighted by molar-refractivity contribution is 6.10. The van der Waals surface area contributed by atoms with Crippen molar-refractivity contribution in [3.63, 3.8) is 0 Å². The van der Waals surface area contributed by atoms with Crippen molar-refractivity contribution in [1.82, 2.24) is 19.5 Å². The van der Waals surface area contributed by atoms with Crippen LogP contribution in [0.1, 0.15) is 0 Å². The van der Waals surface area contributed by atoms with E-state index in [4.69, 9.17) is 19.7 Å². The predicted octanol–water partition coefficient (Wildman–Crippen LogP) is 13.2. The summed E-state index contributed by atoms with van der Waals surface area (Å²) in [5.74, 6) is 3.46. The first-order valence-electron chi connectivity index (χ1n) is 19.0. The predicted molar refractivity (Wildman–Crippen MR) is 231 cm³/mol. The van der Waals surface area contributed by atoms with Crippen molar-refractivity contribution in [3.05, 3.63) is 200 Å². The molecule has 0 saturated heterocycles. The number of anilines is 3. The highest BCUT2D eigenvalue weighted by Crippen LogP contribution is 2.51. The van der Waals surface area contributed by atoms with Gasteiger partial charge in [-0.1, -0.05) is 146 Å². The van der Waals surface area contributed by atoms with Gasteiger partial charge in [0.15, 0.2) is 23.1 Å². The molecule has 6 heteroatoms. The Hall–Kier alpha value is -7.83. The zero-order valence-electron chi connectivity index (χ0n) is 30.7. The van der Waals surface area contributed by atoms with Gasteiger partial charge >= 0.3 is 0 Å². The lowest BCUT2D eigenvalue weighted by molar-refractivity contribution is 0.477. The first kappa shape index (κ1) is 32.6. The molecule has 0 radical (unpaired) electrons. The van der Waals surface area contributed by atoms with E-state index in [0.29, 0.717) is 17.6 Å². The van der Waals surface area contributed by atoms with Crippen molar-refractivity contribution >= 4 is 38.9 Å². The van der Waals surface area contributed by atoms with Crippen LogP contribution in [-0.2, 0) is 0 Å². The second-order valence-corrected chi connectivity index (χ2v) is 14.1. The number of rotatable bonds is 6. The molecule has 0 amide bonds. The summed E-state index contributed by atoms with van der Waals surface area (Å²) in [4.78, 5) is 17.5. The smallest absolute Gasteiger partial charge is 0.238 e. The summed E-state index contributed by atoms with van der Waals surface area (Å²) >= 11 is 0. The lowest BCUT2D eigenvalue weighted by Gasteiger charge is -2.33. The molecule has 0 saturated carbocycles. The molecule has 57 heavy (non-hydrogen) atoms. The van der Waals surface area contributed by atoms with E-state index in [9.17, 15) is 0 Å². The van der Waals surface area contributed by atoms with Crippen molar-refractivity contribution in [3.8, 4) is 62.5 Å². The molecule has 1 aliphatic rings. The molecule has 3 heterocycles. The zero-order valence-corrected chi connectivity index (χ0v) is 30.7. The molecule has 0 bridgehead atoms. The maximum absolute atomic E-state index is 6.55. The Morgan fingerprint density at radius 1 is 0.351 bits per heavy atom. The van der Waals surface area contributed by atoms with E-state index in [1.165, 1.54) is 0 Å². The third-order valence-corrected chi connectivity index (χ3v) is 10.6. The fourth-order valence-electron chi connectivity index (χ4n) is 7.93. The Morgan fingerprint density at radius 2 is 0.895 bits per heavy atom. The van der Waals surface area contributed by atoms with Gasteiger partial charge in [0.2, 0.25) is 5.95 Å². The number of para-hydroxylation sites is 4. The second-order valence-electron chi connectivity index (χ2n) is 14.1. The van der Waals surface area contributed by atoms with Gasteiger partial charge in [-0.05, 0) is 76.9 Å². The molecule has 0 unspecified atom stereocenters. The van der Waals surface area contributed by atoms with Crippen LogP contribution in [0.15, 0.2) is 200 Å². The van der Waals surface area contributed by atoms with E-state index in [2.05, 4.69) is 125 Å². The third kappa shape index (κ3) is 5.70. The van der Waals surface area contributed by atoms with Crippen molar-refractivity contribution < 1.29 is 4.74 Å². The van der Waals surface area contributed by atoms with Gasteiger partial charge in [0.25, 0.3) is 0 Å². The molecular weight excluding hydrogens is 699 g/mol. The van der Waals surface area contributed by atoms with E-state index in [-0.39, 0.29) is 0 Å². The summed E-state index contributed by atoms with van der Waals surface area (Å²) in [6.07, 6.45) is 0. The molecule has 1 aliphatic heterocycles. The van der Waals surface area contributed by atoms with E-state index >= 15 is 0 Å². The highest BCUT2D eigenvalue weighted by Gasteiger charge is 2.26. The first-order chi connectivity index (χ1) is 28.2. The SMILES string of the molecule is c1ccc(-c2nc(-c3ccccc3)nc(-n3c4ccccc4c4ccc(-c5cccc(-c6ccc7c(c6)Oc6ccccc6N7c6ccccc6)c5)cc43)n2)cc1. The standard InChI is InChI=1S/C51H33N5O/c1-4-15-34(16-5-1)49-52-50(35-17-6-2-7-18-35)54-51(53-49)56-43-24-11-10-23-41(43)42-29-27-38(32-46(42)56)36-19-14-20-37(31-36)39-28-30-45-48(33-39)57-47-26-13-12-25-44(47)55(45)40-21-8-3-9-22-40/h1-33H. The number of benzene rings is 8. The molecule has 268 valence electrons. The quantitative estimate of drug-likeness (QED) is 0.170. The molecule has 0 N–H and O–H groups in total. The fourth-order valence-corrected chi connectivity index (χ4v) is 7.93. The highest BCUT2D eigenvalue weighted by atomic mass is 16.5. The average Bonchev–Trinajstić information content (AvgIpc) is 3.62. The normalized spacial score (nSPS) is 12.0. The average molecular weight is 732 g/mol. The van der Waals surface area contributed by atoms with Crippen LogP contribution >= 0.6 is 0 Å². The van der Waals surface area contributed by atoms with E-state index < -0.39 is 0 Å². The van der Waals surface area contributed by atoms with Crippen LogP contribution < -0.4 is 9.64 Å². The van der Waals surface area contributed by atoms with E-state index in [1.807, 2.05) is 84.9 Å². The molecule has 8 aromatic carbocycles. The Morgan fingerprint density at radius 3 is 1.63 bits per heavy atom. The summed E-state index contributed by atoms with van der Waals surface area (Å²) in [5, 5.41) is 2.26. The van der Waals surface area contributed by atoms with Crippen LogP contribution in [0.25, 0.3) is 72.8 Å². The number of hydrogen-bond donors (Lipinski definition) is 0. The minimum atomic E-state index is 0.569. The largest absolute Gasteiger partial charge is 0.453 e. The Labute approximate surface area is 329 Å². The molecule has 6 nitrogen and oxygen atoms in total. The van der Waals surface area contributed by atoms with E-state index in [0.717, 1.165) is 83.7 Å². The maximum atomic E-state index is 6.55. The molecule has 2 aromatic heterocycles. The van der Waals surface area contributed by atoms with Gasteiger partial charge in [0.1, 0.15) is 0 Å². The molecule has 11 rings (SSSR count). The first-order valence-corrected chi connectivity index (χ1v) is 19.0. The Balaban J connectivity index is 1.03. The maximum Gasteiger partial charge on any atom is 0.238 e. The minimum absolute atomic E-state index is 0.569. The van der Waals surface area contributed by atoms with Crippen molar-refractivity contribution in [1.29, 1.82) is 0 Å². The van der Waals surface area contributed by atoms with Crippen molar-refractivity contribution in [2.45, 2.75) is 0 Å². The summed E-state index contributed by atoms with van der Waals surface area (Å²) in [7, 11) is 0. The van der Waals surface area contributed by atoms with Gasteiger partial charge in [-0.2, -0.15) is 9.97 Å². The number of fused-ring (bicyclic) bond motifs is 5. The molecule has 0 aliphatic carbocycles. The number of ether oxygens (including phenoxy) is 1. The summed E-state index contributed by atoms with van der Waals surface area (Å²) < 4.78 is 8.73. The number of hydrogen-bond acceptors (Lipinski definition) is 5. The topological polar surface area (TPSA) is 56.1 Å². The second kappa shape index (κ2) is 13.5.